The highest BCUT2D eigenvalue weighted by Crippen LogP contribution is 2.27. The largest absolute Gasteiger partial charge is 0.495 e. The lowest BCUT2D eigenvalue weighted by atomic mass is 9.99. The fourth-order valence-electron chi connectivity index (χ4n) is 1.76. The molecule has 1 rings (SSSR count). The Morgan fingerprint density at radius 1 is 1.43 bits per heavy atom. The lowest BCUT2D eigenvalue weighted by Gasteiger charge is -2.20. The average molecular weight is 359 g/mol. The number of halogens is 1. The maximum atomic E-state index is 12.0. The van der Waals surface area contributed by atoms with Crippen LogP contribution in [0.1, 0.15) is 20.3 Å². The van der Waals surface area contributed by atoms with E-state index in [1.807, 2.05) is 6.92 Å². The van der Waals surface area contributed by atoms with Crippen molar-refractivity contribution in [3.05, 3.63) is 22.7 Å². The van der Waals surface area contributed by atoms with Gasteiger partial charge in [0.15, 0.2) is 0 Å². The number of methoxy groups -OCH3 is 1. The maximum Gasteiger partial charge on any atom is 0.326 e. The van der Waals surface area contributed by atoms with Crippen LogP contribution in [0.25, 0.3) is 0 Å². The highest BCUT2D eigenvalue weighted by atomic mass is 79.9. The van der Waals surface area contributed by atoms with Gasteiger partial charge in [-0.15, -0.1) is 0 Å². The Hall–Kier alpha value is -1.76. The van der Waals surface area contributed by atoms with E-state index in [2.05, 4.69) is 26.6 Å². The van der Waals surface area contributed by atoms with Crippen molar-refractivity contribution in [2.24, 2.45) is 5.92 Å². The van der Waals surface area contributed by atoms with Gasteiger partial charge >= 0.3 is 12.0 Å². The summed E-state index contributed by atoms with van der Waals surface area (Å²) >= 11 is 3.30. The maximum absolute atomic E-state index is 12.0. The molecule has 0 aromatic heterocycles. The first kappa shape index (κ1) is 17.3. The molecule has 2 atom stereocenters. The number of anilines is 1. The van der Waals surface area contributed by atoms with E-state index in [9.17, 15) is 9.59 Å². The molecule has 1 aromatic carbocycles. The molecule has 0 bridgehead atoms. The van der Waals surface area contributed by atoms with Crippen molar-refractivity contribution in [3.8, 4) is 5.75 Å². The van der Waals surface area contributed by atoms with Crippen molar-refractivity contribution < 1.29 is 19.4 Å². The van der Waals surface area contributed by atoms with Crippen molar-refractivity contribution in [1.29, 1.82) is 0 Å². The molecular formula is C14H19BrN2O4. The molecule has 1 unspecified atom stereocenters. The predicted molar refractivity (Wildman–Crippen MR) is 83.7 cm³/mol. The zero-order valence-corrected chi connectivity index (χ0v) is 13.7. The quantitative estimate of drug-likeness (QED) is 0.728. The summed E-state index contributed by atoms with van der Waals surface area (Å²) in [5.41, 5.74) is 0.456. The second kappa shape index (κ2) is 7.87. The number of carboxylic acid groups (broad SMARTS) is 1. The van der Waals surface area contributed by atoms with Crippen molar-refractivity contribution in [2.45, 2.75) is 26.3 Å². The van der Waals surface area contributed by atoms with Crippen LogP contribution in [0.15, 0.2) is 22.7 Å². The highest BCUT2D eigenvalue weighted by molar-refractivity contribution is 9.10. The molecule has 116 valence electrons. The highest BCUT2D eigenvalue weighted by Gasteiger charge is 2.25. The average Bonchev–Trinajstić information content (AvgIpc) is 2.44. The number of nitrogens with one attached hydrogen (secondary N) is 2. The topological polar surface area (TPSA) is 87.7 Å². The molecule has 1 aromatic rings. The van der Waals surface area contributed by atoms with E-state index >= 15 is 0 Å². The predicted octanol–water partition coefficient (Wildman–Crippen LogP) is 3.08. The van der Waals surface area contributed by atoms with Crippen LogP contribution < -0.4 is 15.4 Å². The minimum absolute atomic E-state index is 0.169. The molecule has 0 fully saturated rings. The first-order chi connectivity index (χ1) is 9.88. The molecule has 21 heavy (non-hydrogen) atoms. The Morgan fingerprint density at radius 2 is 2.10 bits per heavy atom. The Labute approximate surface area is 132 Å². The van der Waals surface area contributed by atoms with Crippen LogP contribution in [0, 0.1) is 5.92 Å². The summed E-state index contributed by atoms with van der Waals surface area (Å²) < 4.78 is 5.92. The smallest absolute Gasteiger partial charge is 0.326 e. The Kier molecular flexibility index (Phi) is 6.48. The van der Waals surface area contributed by atoms with Gasteiger partial charge < -0.3 is 20.5 Å². The lowest BCUT2D eigenvalue weighted by Crippen LogP contribution is -2.46. The normalized spacial score (nSPS) is 13.1. The third-order valence-electron chi connectivity index (χ3n) is 3.18. The number of carbonyl (C=O) groups is 2. The van der Waals surface area contributed by atoms with E-state index in [4.69, 9.17) is 9.84 Å². The van der Waals surface area contributed by atoms with Gasteiger partial charge in [-0.05, 0) is 24.1 Å². The molecule has 0 aliphatic carbocycles. The van der Waals surface area contributed by atoms with Crippen molar-refractivity contribution >= 4 is 33.6 Å². The molecule has 7 heteroatoms. The molecule has 0 aliphatic rings. The van der Waals surface area contributed by atoms with E-state index in [-0.39, 0.29) is 5.92 Å². The summed E-state index contributed by atoms with van der Waals surface area (Å²) in [4.78, 5) is 23.2. The molecule has 2 amide bonds. The van der Waals surface area contributed by atoms with Crippen LogP contribution in [0.2, 0.25) is 0 Å². The molecular weight excluding hydrogens is 340 g/mol. The van der Waals surface area contributed by atoms with Gasteiger partial charge in [0.25, 0.3) is 0 Å². The fraction of sp³-hybridized carbons (Fsp3) is 0.429. The second-order valence-electron chi connectivity index (χ2n) is 4.64. The van der Waals surface area contributed by atoms with Crippen LogP contribution in [0.5, 0.6) is 5.75 Å². The first-order valence-electron chi connectivity index (χ1n) is 6.52. The molecule has 0 aliphatic heterocycles. The summed E-state index contributed by atoms with van der Waals surface area (Å²) in [5.74, 6) is -0.734. The molecule has 0 saturated carbocycles. The van der Waals surface area contributed by atoms with Gasteiger partial charge in [-0.25, -0.2) is 9.59 Å². The molecule has 0 saturated heterocycles. The number of aliphatic carboxylic acids is 1. The number of carbonyl (C=O) groups excluding carboxylic acids is 1. The molecule has 6 nitrogen and oxygen atoms in total. The van der Waals surface area contributed by atoms with Crippen LogP contribution in [-0.2, 0) is 4.79 Å². The van der Waals surface area contributed by atoms with Gasteiger partial charge in [-0.2, -0.15) is 0 Å². The minimum Gasteiger partial charge on any atom is -0.495 e. The molecule has 0 spiro atoms. The summed E-state index contributed by atoms with van der Waals surface area (Å²) in [7, 11) is 1.49. The molecule has 0 radical (unpaired) electrons. The van der Waals surface area contributed by atoms with Crippen molar-refractivity contribution in [1.82, 2.24) is 5.32 Å². The standard InChI is InChI=1S/C14H19BrN2O4/c1-4-8(2)12(13(18)19)17-14(20)16-10-7-9(15)5-6-11(10)21-3/h5-8,12H,4H2,1-3H3,(H,18,19)(H2,16,17,20)/t8?,12-/m0/s1. The van der Waals surface area contributed by atoms with E-state index in [1.54, 1.807) is 25.1 Å². The van der Waals surface area contributed by atoms with Gasteiger partial charge in [0.05, 0.1) is 12.8 Å². The van der Waals surface area contributed by atoms with Gasteiger partial charge in [0, 0.05) is 4.47 Å². The number of benzene rings is 1. The number of carboxylic acids is 1. The number of rotatable bonds is 6. The van der Waals surface area contributed by atoms with E-state index in [0.717, 1.165) is 4.47 Å². The zero-order chi connectivity index (χ0) is 16.0. The van der Waals surface area contributed by atoms with E-state index in [1.165, 1.54) is 7.11 Å². The Bertz CT molecular complexity index is 522. The summed E-state index contributed by atoms with van der Waals surface area (Å²) in [5, 5.41) is 14.2. The monoisotopic (exact) mass is 358 g/mol. The molecule has 0 heterocycles. The Morgan fingerprint density at radius 3 is 2.62 bits per heavy atom. The second-order valence-corrected chi connectivity index (χ2v) is 5.56. The summed E-state index contributed by atoms with van der Waals surface area (Å²) in [6, 6.07) is 3.63. The fourth-order valence-corrected chi connectivity index (χ4v) is 2.12. The molecule has 3 N–H and O–H groups in total. The SMILES string of the molecule is CCC(C)[C@H](NC(=O)Nc1cc(Br)ccc1OC)C(=O)O. The van der Waals surface area contributed by atoms with Gasteiger partial charge in [0.2, 0.25) is 0 Å². The minimum atomic E-state index is -1.05. The number of amides is 2. The van der Waals surface area contributed by atoms with E-state index < -0.39 is 18.0 Å². The van der Waals surface area contributed by atoms with Crippen LogP contribution >= 0.6 is 15.9 Å². The Balaban J connectivity index is 2.81. The van der Waals surface area contributed by atoms with Gasteiger partial charge in [0.1, 0.15) is 11.8 Å². The van der Waals surface area contributed by atoms with Crippen molar-refractivity contribution in [3.63, 3.8) is 0 Å². The van der Waals surface area contributed by atoms with Crippen LogP contribution in [-0.4, -0.2) is 30.3 Å². The van der Waals surface area contributed by atoms with E-state index in [0.29, 0.717) is 17.9 Å². The summed E-state index contributed by atoms with van der Waals surface area (Å²) in [6.07, 6.45) is 0.650. The number of ether oxygens (including phenoxy) is 1. The van der Waals surface area contributed by atoms with Gasteiger partial charge in [-0.3, -0.25) is 0 Å². The first-order valence-corrected chi connectivity index (χ1v) is 7.32. The number of hydrogen-bond acceptors (Lipinski definition) is 3. The van der Waals surface area contributed by atoms with Crippen LogP contribution in [0.4, 0.5) is 10.5 Å². The third kappa shape index (κ3) is 4.93. The van der Waals surface area contributed by atoms with Crippen molar-refractivity contribution in [2.75, 3.05) is 12.4 Å². The lowest BCUT2D eigenvalue weighted by molar-refractivity contribution is -0.140. The summed E-state index contributed by atoms with van der Waals surface area (Å²) in [6.45, 7) is 3.65. The number of urea groups is 1. The third-order valence-corrected chi connectivity index (χ3v) is 3.67. The van der Waals surface area contributed by atoms with Gasteiger partial charge in [-0.1, -0.05) is 36.2 Å². The number of hydrogen-bond donors (Lipinski definition) is 3. The van der Waals surface area contributed by atoms with Crippen LogP contribution in [0.3, 0.4) is 0 Å². The zero-order valence-electron chi connectivity index (χ0n) is 12.1.